The van der Waals surface area contributed by atoms with Gasteiger partial charge in [-0.15, -0.1) is 0 Å². The van der Waals surface area contributed by atoms with Crippen LogP contribution in [0.2, 0.25) is 0 Å². The molecule has 2 fully saturated rings. The average molecular weight is 383 g/mol. The smallest absolute Gasteiger partial charge is 0.325 e. The van der Waals surface area contributed by atoms with E-state index in [1.807, 2.05) is 0 Å². The van der Waals surface area contributed by atoms with E-state index in [4.69, 9.17) is 0 Å². The summed E-state index contributed by atoms with van der Waals surface area (Å²) in [4.78, 5) is 40.4. The first kappa shape index (κ1) is 16.0. The molecule has 0 aromatic carbocycles. The second-order valence-corrected chi connectivity index (χ2v) is 6.93. The molecule has 0 radical (unpaired) electrons. The third kappa shape index (κ3) is 3.12. The number of aromatic amines is 1. The van der Waals surface area contributed by atoms with Crippen molar-refractivity contribution in [1.82, 2.24) is 20.5 Å². The Balaban J connectivity index is 1.46. The van der Waals surface area contributed by atoms with Crippen molar-refractivity contribution in [3.8, 4) is 0 Å². The Labute approximate surface area is 142 Å². The number of imide groups is 1. The molecule has 2 aliphatic rings. The van der Waals surface area contributed by atoms with Gasteiger partial charge in [0, 0.05) is 23.8 Å². The van der Waals surface area contributed by atoms with Crippen molar-refractivity contribution in [2.24, 2.45) is 0 Å². The highest BCUT2D eigenvalue weighted by atomic mass is 79.9. The minimum Gasteiger partial charge on any atom is -0.356 e. The highest BCUT2D eigenvalue weighted by molar-refractivity contribution is 9.10. The quantitative estimate of drug-likeness (QED) is 0.534. The lowest BCUT2D eigenvalue weighted by molar-refractivity contribution is -0.131. The first-order chi connectivity index (χ1) is 11.0. The molecule has 0 bridgehead atoms. The number of H-pyrrole nitrogens is 1. The fourth-order valence-corrected chi connectivity index (χ4v) is 3.57. The van der Waals surface area contributed by atoms with E-state index in [-0.39, 0.29) is 17.8 Å². The summed E-state index contributed by atoms with van der Waals surface area (Å²) in [5.41, 5.74) is -0.187. The van der Waals surface area contributed by atoms with Gasteiger partial charge in [-0.2, -0.15) is 0 Å². The van der Waals surface area contributed by atoms with Crippen LogP contribution in [0.15, 0.2) is 16.7 Å². The molecule has 1 spiro atoms. The van der Waals surface area contributed by atoms with Gasteiger partial charge in [-0.1, -0.05) is 12.8 Å². The number of amides is 4. The third-order valence-corrected chi connectivity index (χ3v) is 4.90. The van der Waals surface area contributed by atoms with Gasteiger partial charge in [-0.3, -0.25) is 14.5 Å². The van der Waals surface area contributed by atoms with Crippen LogP contribution < -0.4 is 10.6 Å². The van der Waals surface area contributed by atoms with Crippen LogP contribution in [-0.2, 0) is 4.79 Å². The van der Waals surface area contributed by atoms with Crippen LogP contribution >= 0.6 is 15.9 Å². The molecule has 1 saturated carbocycles. The summed E-state index contributed by atoms with van der Waals surface area (Å²) in [6.07, 6.45) is 5.62. The van der Waals surface area contributed by atoms with Crippen molar-refractivity contribution in [3.63, 3.8) is 0 Å². The summed E-state index contributed by atoms with van der Waals surface area (Å²) in [5, 5.41) is 5.61. The van der Waals surface area contributed by atoms with Gasteiger partial charge in [-0.05, 0) is 41.3 Å². The molecule has 1 saturated heterocycles. The fraction of sp³-hybridized carbons (Fsp3) is 0.533. The number of urea groups is 1. The zero-order valence-corrected chi connectivity index (χ0v) is 14.2. The summed E-state index contributed by atoms with van der Waals surface area (Å²) in [7, 11) is 0. The summed E-state index contributed by atoms with van der Waals surface area (Å²) in [6.45, 7) is 0.723. The number of nitrogens with one attached hydrogen (secondary N) is 3. The molecule has 3 N–H and O–H groups in total. The summed E-state index contributed by atoms with van der Waals surface area (Å²) in [6, 6.07) is 1.38. The van der Waals surface area contributed by atoms with E-state index in [0.717, 1.165) is 30.2 Å². The molecule has 23 heavy (non-hydrogen) atoms. The molecule has 2 heterocycles. The van der Waals surface area contributed by atoms with Crippen LogP contribution in [0, 0.1) is 0 Å². The molecule has 1 aromatic heterocycles. The van der Waals surface area contributed by atoms with Crippen LogP contribution in [0.4, 0.5) is 4.79 Å². The number of aromatic nitrogens is 1. The lowest BCUT2D eigenvalue weighted by Gasteiger charge is -2.20. The van der Waals surface area contributed by atoms with Crippen molar-refractivity contribution in [2.75, 3.05) is 13.1 Å². The monoisotopic (exact) mass is 382 g/mol. The first-order valence-electron chi connectivity index (χ1n) is 7.78. The largest absolute Gasteiger partial charge is 0.356 e. The second-order valence-electron chi connectivity index (χ2n) is 6.02. The Morgan fingerprint density at radius 2 is 2.09 bits per heavy atom. The lowest BCUT2D eigenvalue weighted by Crippen LogP contribution is -2.44. The maximum atomic E-state index is 12.4. The predicted molar refractivity (Wildman–Crippen MR) is 86.9 cm³/mol. The molecule has 7 nitrogen and oxygen atoms in total. The highest BCUT2D eigenvalue weighted by Gasteiger charge is 2.51. The molecule has 0 unspecified atom stereocenters. The van der Waals surface area contributed by atoms with Gasteiger partial charge in [0.1, 0.15) is 11.2 Å². The van der Waals surface area contributed by atoms with Gasteiger partial charge in [0.2, 0.25) is 0 Å². The van der Waals surface area contributed by atoms with E-state index in [9.17, 15) is 14.4 Å². The third-order valence-electron chi connectivity index (χ3n) is 4.44. The van der Waals surface area contributed by atoms with Gasteiger partial charge in [0.15, 0.2) is 0 Å². The Morgan fingerprint density at radius 1 is 1.35 bits per heavy atom. The van der Waals surface area contributed by atoms with Crippen LogP contribution in [-0.4, -0.2) is 46.4 Å². The van der Waals surface area contributed by atoms with Gasteiger partial charge in [0.05, 0.1) is 0 Å². The zero-order valence-electron chi connectivity index (χ0n) is 12.7. The van der Waals surface area contributed by atoms with Crippen molar-refractivity contribution in [1.29, 1.82) is 0 Å². The molecule has 3 rings (SSSR count). The van der Waals surface area contributed by atoms with E-state index < -0.39 is 5.54 Å². The standard InChI is InChI=1S/C15H19BrN4O3/c16-10-8-11(18-9-10)12(21)17-6-3-7-20-13(22)15(19-14(20)23)4-1-2-5-15/h8-9,18H,1-7H2,(H,17,21)(H,19,23). The maximum absolute atomic E-state index is 12.4. The average Bonchev–Trinajstić information content (AvgIpc) is 3.20. The molecule has 0 atom stereocenters. The van der Waals surface area contributed by atoms with Crippen molar-refractivity contribution in [3.05, 3.63) is 22.4 Å². The zero-order chi connectivity index (χ0) is 16.4. The van der Waals surface area contributed by atoms with Crippen molar-refractivity contribution in [2.45, 2.75) is 37.6 Å². The molecular formula is C15H19BrN4O3. The number of hydrogen-bond donors (Lipinski definition) is 3. The van der Waals surface area contributed by atoms with Gasteiger partial charge in [-0.25, -0.2) is 4.79 Å². The Bertz CT molecular complexity index is 636. The Morgan fingerprint density at radius 3 is 2.74 bits per heavy atom. The van der Waals surface area contributed by atoms with E-state index in [1.165, 1.54) is 4.90 Å². The van der Waals surface area contributed by atoms with Crippen LogP contribution in [0.1, 0.15) is 42.6 Å². The second kappa shape index (κ2) is 6.35. The lowest BCUT2D eigenvalue weighted by atomic mass is 9.98. The Kier molecular flexibility index (Phi) is 4.43. The normalized spacial score (nSPS) is 19.4. The minimum absolute atomic E-state index is 0.111. The van der Waals surface area contributed by atoms with Crippen molar-refractivity contribution >= 4 is 33.8 Å². The molecule has 8 heteroatoms. The first-order valence-corrected chi connectivity index (χ1v) is 8.57. The van der Waals surface area contributed by atoms with Gasteiger partial charge >= 0.3 is 6.03 Å². The number of hydrogen-bond acceptors (Lipinski definition) is 3. The summed E-state index contributed by atoms with van der Waals surface area (Å²) < 4.78 is 0.809. The highest BCUT2D eigenvalue weighted by Crippen LogP contribution is 2.34. The van der Waals surface area contributed by atoms with Gasteiger partial charge < -0.3 is 15.6 Å². The number of nitrogens with zero attached hydrogens (tertiary/aromatic N) is 1. The predicted octanol–water partition coefficient (Wildman–Crippen LogP) is 1.76. The van der Waals surface area contributed by atoms with E-state index in [2.05, 4.69) is 31.5 Å². The summed E-state index contributed by atoms with van der Waals surface area (Å²) >= 11 is 3.27. The van der Waals surface area contributed by atoms with Crippen LogP contribution in [0.5, 0.6) is 0 Å². The molecule has 1 aromatic rings. The number of halogens is 1. The topological polar surface area (TPSA) is 94.3 Å². The number of rotatable bonds is 5. The van der Waals surface area contributed by atoms with Crippen LogP contribution in [0.3, 0.4) is 0 Å². The number of carbonyl (C=O) groups excluding carboxylic acids is 3. The van der Waals surface area contributed by atoms with Crippen molar-refractivity contribution < 1.29 is 14.4 Å². The van der Waals surface area contributed by atoms with Gasteiger partial charge in [0.25, 0.3) is 11.8 Å². The number of carbonyl (C=O) groups is 3. The molecule has 1 aliphatic heterocycles. The Hall–Kier alpha value is -1.83. The molecular weight excluding hydrogens is 364 g/mol. The maximum Gasteiger partial charge on any atom is 0.325 e. The van der Waals surface area contributed by atoms with E-state index in [1.54, 1.807) is 12.3 Å². The molecule has 1 aliphatic carbocycles. The van der Waals surface area contributed by atoms with Crippen LogP contribution in [0.25, 0.3) is 0 Å². The fourth-order valence-electron chi connectivity index (χ4n) is 3.23. The molecule has 124 valence electrons. The SMILES string of the molecule is O=C(NCCCN1C(=O)NC2(CCCC2)C1=O)c1cc(Br)c[nH]1. The minimum atomic E-state index is -0.656. The molecule has 4 amide bonds. The van der Waals surface area contributed by atoms with E-state index >= 15 is 0 Å². The van der Waals surface area contributed by atoms with E-state index in [0.29, 0.717) is 25.2 Å². The summed E-state index contributed by atoms with van der Waals surface area (Å²) in [5.74, 6) is -0.320.